The maximum absolute atomic E-state index is 12.6. The third-order valence-electron chi connectivity index (χ3n) is 4.22. The van der Waals surface area contributed by atoms with Gasteiger partial charge in [0.2, 0.25) is 0 Å². The van der Waals surface area contributed by atoms with Crippen molar-refractivity contribution in [2.75, 3.05) is 0 Å². The summed E-state index contributed by atoms with van der Waals surface area (Å²) in [6.07, 6.45) is 2.15. The SMILES string of the molecule is Cc1nc(Cn2nc3n(c2=O)CCC(NC(=O)NC(C)(C)C)CC3)cs1. The van der Waals surface area contributed by atoms with E-state index in [1.807, 2.05) is 33.1 Å². The molecule has 0 aromatic carbocycles. The van der Waals surface area contributed by atoms with Crippen LogP contribution in [0.5, 0.6) is 0 Å². The molecule has 0 bridgehead atoms. The second-order valence-corrected chi connectivity index (χ2v) is 8.80. The van der Waals surface area contributed by atoms with Crippen LogP contribution in [0.15, 0.2) is 10.2 Å². The summed E-state index contributed by atoms with van der Waals surface area (Å²) in [4.78, 5) is 29.1. The van der Waals surface area contributed by atoms with Crippen LogP contribution in [0.2, 0.25) is 0 Å². The number of aryl methyl sites for hydroxylation is 2. The lowest BCUT2D eigenvalue weighted by molar-refractivity contribution is 0.226. The first-order valence-corrected chi connectivity index (χ1v) is 9.75. The highest BCUT2D eigenvalue weighted by Crippen LogP contribution is 2.13. The minimum Gasteiger partial charge on any atom is -0.335 e. The number of urea groups is 1. The van der Waals surface area contributed by atoms with Gasteiger partial charge in [0.25, 0.3) is 0 Å². The largest absolute Gasteiger partial charge is 0.346 e. The molecule has 1 aliphatic heterocycles. The van der Waals surface area contributed by atoms with Crippen LogP contribution in [0.25, 0.3) is 0 Å². The number of hydrogen-bond donors (Lipinski definition) is 2. The van der Waals surface area contributed by atoms with E-state index in [0.717, 1.165) is 22.9 Å². The fraction of sp³-hybridized carbons (Fsp3) is 0.647. The Hall–Kier alpha value is -2.16. The van der Waals surface area contributed by atoms with E-state index in [2.05, 4.69) is 20.7 Å². The first-order chi connectivity index (χ1) is 12.2. The Balaban J connectivity index is 1.64. The van der Waals surface area contributed by atoms with Crippen molar-refractivity contribution in [2.45, 2.75) is 71.6 Å². The number of rotatable bonds is 3. The van der Waals surface area contributed by atoms with E-state index < -0.39 is 0 Å². The molecule has 2 aromatic rings. The Labute approximate surface area is 156 Å². The molecule has 0 aliphatic carbocycles. The standard InChI is InChI=1S/C17H26N6O2S/c1-11-18-13(10-26-11)9-23-16(25)22-8-7-12(5-6-14(22)21-23)19-15(24)20-17(2,3)4/h10,12H,5-9H2,1-4H3,(H2,19,20,24). The van der Waals surface area contributed by atoms with E-state index in [-0.39, 0.29) is 23.3 Å². The maximum Gasteiger partial charge on any atom is 0.346 e. The van der Waals surface area contributed by atoms with Crippen molar-refractivity contribution in [1.29, 1.82) is 0 Å². The van der Waals surface area contributed by atoms with Crippen LogP contribution in [-0.2, 0) is 19.5 Å². The molecule has 2 N–H and O–H groups in total. The molecule has 0 radical (unpaired) electrons. The van der Waals surface area contributed by atoms with Crippen molar-refractivity contribution >= 4 is 17.4 Å². The summed E-state index contributed by atoms with van der Waals surface area (Å²) >= 11 is 1.57. The topological polar surface area (TPSA) is 93.8 Å². The molecule has 1 aliphatic rings. The van der Waals surface area contributed by atoms with Gasteiger partial charge >= 0.3 is 11.7 Å². The predicted molar refractivity (Wildman–Crippen MR) is 101 cm³/mol. The monoisotopic (exact) mass is 378 g/mol. The van der Waals surface area contributed by atoms with Gasteiger partial charge in [-0.2, -0.15) is 5.10 Å². The second kappa shape index (κ2) is 7.22. The van der Waals surface area contributed by atoms with Gasteiger partial charge in [0.15, 0.2) is 0 Å². The number of aromatic nitrogens is 4. The van der Waals surface area contributed by atoms with Gasteiger partial charge in [0, 0.05) is 29.9 Å². The van der Waals surface area contributed by atoms with E-state index in [4.69, 9.17) is 0 Å². The number of fused-ring (bicyclic) bond motifs is 1. The normalized spacial score (nSPS) is 17.5. The van der Waals surface area contributed by atoms with E-state index in [1.165, 1.54) is 4.68 Å². The van der Waals surface area contributed by atoms with Gasteiger partial charge in [-0.3, -0.25) is 4.57 Å². The van der Waals surface area contributed by atoms with Crippen LogP contribution < -0.4 is 16.3 Å². The fourth-order valence-corrected chi connectivity index (χ4v) is 3.68. The molecule has 3 rings (SSSR count). The van der Waals surface area contributed by atoms with E-state index in [1.54, 1.807) is 15.9 Å². The third kappa shape index (κ3) is 4.51. The van der Waals surface area contributed by atoms with E-state index in [0.29, 0.717) is 25.9 Å². The highest BCUT2D eigenvalue weighted by atomic mass is 32.1. The molecule has 1 atom stereocenters. The summed E-state index contributed by atoms with van der Waals surface area (Å²) in [7, 11) is 0. The number of nitrogens with zero attached hydrogens (tertiary/aromatic N) is 4. The molecular formula is C17H26N6O2S. The lowest BCUT2D eigenvalue weighted by Crippen LogP contribution is -2.49. The zero-order valence-corrected chi connectivity index (χ0v) is 16.5. The van der Waals surface area contributed by atoms with Crippen molar-refractivity contribution in [3.05, 3.63) is 32.4 Å². The highest BCUT2D eigenvalue weighted by molar-refractivity contribution is 7.09. The molecule has 8 nitrogen and oxygen atoms in total. The Morgan fingerprint density at radius 3 is 2.81 bits per heavy atom. The fourth-order valence-electron chi connectivity index (χ4n) is 3.07. The Bertz CT molecular complexity index is 844. The number of hydrogen-bond acceptors (Lipinski definition) is 5. The van der Waals surface area contributed by atoms with E-state index in [9.17, 15) is 9.59 Å². The quantitative estimate of drug-likeness (QED) is 0.849. The van der Waals surface area contributed by atoms with Gasteiger partial charge in [-0.1, -0.05) is 0 Å². The molecule has 0 spiro atoms. The van der Waals surface area contributed by atoms with Crippen LogP contribution in [0, 0.1) is 6.92 Å². The van der Waals surface area contributed by atoms with Gasteiger partial charge in [-0.25, -0.2) is 19.3 Å². The molecule has 2 aromatic heterocycles. The van der Waals surface area contributed by atoms with Gasteiger partial charge in [-0.15, -0.1) is 11.3 Å². The molecule has 142 valence electrons. The van der Waals surface area contributed by atoms with Crippen molar-refractivity contribution < 1.29 is 4.79 Å². The van der Waals surface area contributed by atoms with Crippen LogP contribution >= 0.6 is 11.3 Å². The van der Waals surface area contributed by atoms with Gasteiger partial charge in [0.1, 0.15) is 5.82 Å². The van der Waals surface area contributed by atoms with Crippen molar-refractivity contribution in [1.82, 2.24) is 30.0 Å². The highest BCUT2D eigenvalue weighted by Gasteiger charge is 2.23. The molecule has 0 fully saturated rings. The molecular weight excluding hydrogens is 352 g/mol. The Kier molecular flexibility index (Phi) is 5.17. The number of amides is 2. The summed E-state index contributed by atoms with van der Waals surface area (Å²) in [6.45, 7) is 8.75. The average Bonchev–Trinajstić information content (AvgIpc) is 2.98. The van der Waals surface area contributed by atoms with Crippen molar-refractivity contribution in [3.63, 3.8) is 0 Å². The number of carbonyl (C=O) groups is 1. The van der Waals surface area contributed by atoms with Gasteiger partial charge < -0.3 is 10.6 Å². The smallest absolute Gasteiger partial charge is 0.335 e. The van der Waals surface area contributed by atoms with Crippen molar-refractivity contribution in [2.24, 2.45) is 0 Å². The first-order valence-electron chi connectivity index (χ1n) is 8.87. The number of nitrogens with one attached hydrogen (secondary N) is 2. The van der Waals surface area contributed by atoms with Crippen LogP contribution in [0.4, 0.5) is 4.79 Å². The lowest BCUT2D eigenvalue weighted by Gasteiger charge is -2.23. The summed E-state index contributed by atoms with van der Waals surface area (Å²) < 4.78 is 3.21. The molecule has 0 saturated heterocycles. The summed E-state index contributed by atoms with van der Waals surface area (Å²) in [5.74, 6) is 0.780. The summed E-state index contributed by atoms with van der Waals surface area (Å²) in [5, 5.41) is 13.3. The van der Waals surface area contributed by atoms with Gasteiger partial charge in [-0.05, 0) is 40.5 Å². The predicted octanol–water partition coefficient (Wildman–Crippen LogP) is 1.66. The summed E-state index contributed by atoms with van der Waals surface area (Å²) in [6, 6.07) is -0.133. The second-order valence-electron chi connectivity index (χ2n) is 7.74. The Morgan fingerprint density at radius 2 is 2.15 bits per heavy atom. The van der Waals surface area contributed by atoms with Gasteiger partial charge in [0.05, 0.1) is 17.2 Å². The maximum atomic E-state index is 12.6. The minimum atomic E-state index is -0.274. The van der Waals surface area contributed by atoms with Crippen LogP contribution in [0.1, 0.15) is 50.1 Å². The minimum absolute atomic E-state index is 0.0353. The van der Waals surface area contributed by atoms with Crippen LogP contribution in [-0.4, -0.2) is 36.9 Å². The summed E-state index contributed by atoms with van der Waals surface area (Å²) in [5.41, 5.74) is 0.482. The lowest BCUT2D eigenvalue weighted by atomic mass is 10.1. The number of carbonyl (C=O) groups excluding carboxylic acids is 1. The first kappa shape index (κ1) is 18.6. The Morgan fingerprint density at radius 1 is 1.38 bits per heavy atom. The average molecular weight is 379 g/mol. The third-order valence-corrected chi connectivity index (χ3v) is 5.04. The molecule has 0 saturated carbocycles. The van der Waals surface area contributed by atoms with Crippen LogP contribution in [0.3, 0.4) is 0 Å². The zero-order valence-electron chi connectivity index (χ0n) is 15.7. The van der Waals surface area contributed by atoms with Crippen molar-refractivity contribution in [3.8, 4) is 0 Å². The molecule has 3 heterocycles. The van der Waals surface area contributed by atoms with E-state index >= 15 is 0 Å². The molecule has 26 heavy (non-hydrogen) atoms. The molecule has 2 amide bonds. The zero-order chi connectivity index (χ0) is 18.9. The molecule has 1 unspecified atom stereocenters. The number of thiazole rings is 1. The molecule has 9 heteroatoms.